The van der Waals surface area contributed by atoms with Gasteiger partial charge in [-0.05, 0) is 19.1 Å². The zero-order valence-corrected chi connectivity index (χ0v) is 12.2. The topological polar surface area (TPSA) is 121 Å². The normalized spacial score (nSPS) is 8.41. The Hall–Kier alpha value is -3.09. The number of hydrogen-bond donors (Lipinski definition) is 2. The number of ether oxygens (including phenoxy) is 1. The number of non-ortho nitro benzene ring substituents is 1. The van der Waals surface area contributed by atoms with Crippen LogP contribution in [0.15, 0.2) is 60.7 Å². The number of rotatable bonds is 2. The van der Waals surface area contributed by atoms with Crippen LogP contribution in [0.5, 0.6) is 0 Å². The molecule has 0 saturated heterocycles. The minimum absolute atomic E-state index is 0.137. The maximum atomic E-state index is 10.0. The number of primary amides is 1. The second-order valence-electron chi connectivity index (χ2n) is 3.76. The van der Waals surface area contributed by atoms with Crippen molar-refractivity contribution in [2.24, 2.45) is 5.73 Å². The van der Waals surface area contributed by atoms with E-state index in [1.165, 1.54) is 12.1 Å². The van der Waals surface area contributed by atoms with Crippen LogP contribution < -0.4 is 11.5 Å². The smallest absolute Gasteiger partial charge is 0.404 e. The summed E-state index contributed by atoms with van der Waals surface area (Å²) >= 11 is 0. The van der Waals surface area contributed by atoms with E-state index in [9.17, 15) is 14.9 Å². The van der Waals surface area contributed by atoms with Crippen molar-refractivity contribution in [3.8, 4) is 0 Å². The Morgan fingerprint density at radius 2 is 1.55 bits per heavy atom. The molecule has 0 radical (unpaired) electrons. The van der Waals surface area contributed by atoms with Crippen LogP contribution in [0.4, 0.5) is 16.2 Å². The Morgan fingerprint density at radius 3 is 1.73 bits per heavy atom. The van der Waals surface area contributed by atoms with Crippen molar-refractivity contribution in [2.75, 3.05) is 12.3 Å². The quantitative estimate of drug-likeness (QED) is 0.502. The van der Waals surface area contributed by atoms with Gasteiger partial charge in [-0.25, -0.2) is 4.79 Å². The van der Waals surface area contributed by atoms with Crippen molar-refractivity contribution in [2.45, 2.75) is 6.92 Å². The molecule has 0 spiro atoms. The Kier molecular flexibility index (Phi) is 10.1. The van der Waals surface area contributed by atoms with E-state index in [4.69, 9.17) is 5.73 Å². The summed E-state index contributed by atoms with van der Waals surface area (Å²) in [7, 11) is 0. The maximum absolute atomic E-state index is 10.0. The zero-order chi connectivity index (χ0) is 16.8. The molecule has 4 N–H and O–H groups in total. The molecule has 0 aliphatic heterocycles. The number of para-hydroxylation sites is 2. The molecule has 118 valence electrons. The highest BCUT2D eigenvalue weighted by Gasteiger charge is 1.98. The molecule has 0 atom stereocenters. The summed E-state index contributed by atoms with van der Waals surface area (Å²) in [5.41, 5.74) is 10.9. The summed E-state index contributed by atoms with van der Waals surface area (Å²) in [6, 6.07) is 17.4. The average molecular weight is 305 g/mol. The molecular weight excluding hydrogens is 286 g/mol. The van der Waals surface area contributed by atoms with Crippen LogP contribution in [0.3, 0.4) is 0 Å². The number of nitrogens with zero attached hydrogens (tertiary/aromatic N) is 1. The highest BCUT2D eigenvalue weighted by Crippen LogP contribution is 2.06. The molecule has 2 aromatic rings. The van der Waals surface area contributed by atoms with Crippen LogP contribution in [-0.2, 0) is 4.74 Å². The SMILES string of the molecule is CCOC(N)=O.Nc1ccccc1.O=[N+]([O-])c1ccccc1. The molecule has 7 nitrogen and oxygen atoms in total. The molecule has 2 rings (SSSR count). The van der Waals surface area contributed by atoms with Gasteiger partial charge in [0, 0.05) is 17.8 Å². The van der Waals surface area contributed by atoms with Crippen LogP contribution in [-0.4, -0.2) is 17.6 Å². The molecule has 1 amide bonds. The van der Waals surface area contributed by atoms with Gasteiger partial charge in [0.25, 0.3) is 5.69 Å². The summed E-state index contributed by atoms with van der Waals surface area (Å²) in [5, 5.41) is 10.0. The third kappa shape index (κ3) is 10.8. The minimum Gasteiger partial charge on any atom is -0.450 e. The van der Waals surface area contributed by atoms with Crippen LogP contribution in [0.2, 0.25) is 0 Å². The van der Waals surface area contributed by atoms with Gasteiger partial charge in [-0.3, -0.25) is 10.1 Å². The van der Waals surface area contributed by atoms with Gasteiger partial charge in [0.05, 0.1) is 11.5 Å². The standard InChI is InChI=1S/C6H5NO2.C6H7N.C3H7NO2/c8-7(9)6-4-2-1-3-5-6;7-6-4-2-1-3-5-6;1-2-6-3(4)5/h1-5H;1-5H,7H2;2H2,1H3,(H2,4,5). The van der Waals surface area contributed by atoms with Crippen LogP contribution in [0.25, 0.3) is 0 Å². The predicted molar refractivity (Wildman–Crippen MR) is 85.2 cm³/mol. The molecule has 0 aliphatic carbocycles. The lowest BCUT2D eigenvalue weighted by Crippen LogP contribution is -2.11. The zero-order valence-electron chi connectivity index (χ0n) is 12.2. The van der Waals surface area contributed by atoms with E-state index >= 15 is 0 Å². The Morgan fingerprint density at radius 1 is 1.09 bits per heavy atom. The van der Waals surface area contributed by atoms with Crippen LogP contribution in [0.1, 0.15) is 6.92 Å². The first-order valence-electron chi connectivity index (χ1n) is 6.39. The minimum atomic E-state index is -0.711. The van der Waals surface area contributed by atoms with Gasteiger partial charge in [0.1, 0.15) is 0 Å². The van der Waals surface area contributed by atoms with Crippen LogP contribution >= 0.6 is 0 Å². The second-order valence-corrected chi connectivity index (χ2v) is 3.76. The summed E-state index contributed by atoms with van der Waals surface area (Å²) in [6.45, 7) is 2.06. The third-order valence-electron chi connectivity index (χ3n) is 2.05. The summed E-state index contributed by atoms with van der Waals surface area (Å²) in [5.74, 6) is 0. The fourth-order valence-corrected chi connectivity index (χ4v) is 1.15. The molecule has 0 saturated carbocycles. The van der Waals surface area contributed by atoms with Gasteiger partial charge < -0.3 is 16.2 Å². The van der Waals surface area contributed by atoms with Crippen molar-refractivity contribution in [1.82, 2.24) is 0 Å². The number of hydrogen-bond acceptors (Lipinski definition) is 5. The lowest BCUT2D eigenvalue weighted by atomic mass is 10.3. The fourth-order valence-electron chi connectivity index (χ4n) is 1.15. The number of carbonyl (C=O) groups excluding carboxylic acids is 1. The highest BCUT2D eigenvalue weighted by atomic mass is 16.6. The summed E-state index contributed by atoms with van der Waals surface area (Å²) < 4.78 is 4.18. The fraction of sp³-hybridized carbons (Fsp3) is 0.133. The number of amides is 1. The largest absolute Gasteiger partial charge is 0.450 e. The molecule has 0 heterocycles. The van der Waals surface area contributed by atoms with Gasteiger partial charge in [-0.2, -0.15) is 0 Å². The van der Waals surface area contributed by atoms with E-state index in [0.717, 1.165) is 5.69 Å². The number of benzene rings is 2. The summed E-state index contributed by atoms with van der Waals surface area (Å²) in [4.78, 5) is 19.2. The first-order valence-corrected chi connectivity index (χ1v) is 6.39. The Balaban J connectivity index is 0.000000309. The van der Waals surface area contributed by atoms with Crippen molar-refractivity contribution in [3.63, 3.8) is 0 Å². The second kappa shape index (κ2) is 11.7. The van der Waals surface area contributed by atoms with E-state index in [-0.39, 0.29) is 5.69 Å². The molecule has 0 unspecified atom stereocenters. The first kappa shape index (κ1) is 18.9. The highest BCUT2D eigenvalue weighted by molar-refractivity contribution is 5.64. The molecule has 0 bridgehead atoms. The molecule has 2 aromatic carbocycles. The van der Waals surface area contributed by atoms with Crippen LogP contribution in [0, 0.1) is 10.1 Å². The van der Waals surface area contributed by atoms with Gasteiger partial charge in [0.15, 0.2) is 0 Å². The molecule has 0 fully saturated rings. The maximum Gasteiger partial charge on any atom is 0.404 e. The van der Waals surface area contributed by atoms with Gasteiger partial charge in [-0.1, -0.05) is 36.4 Å². The van der Waals surface area contributed by atoms with Crippen molar-refractivity contribution in [3.05, 3.63) is 70.8 Å². The molecule has 22 heavy (non-hydrogen) atoms. The van der Waals surface area contributed by atoms with Gasteiger partial charge >= 0.3 is 6.09 Å². The lowest BCUT2D eigenvalue weighted by molar-refractivity contribution is -0.384. The number of carbonyl (C=O) groups is 1. The predicted octanol–water partition coefficient (Wildman–Crippen LogP) is 2.97. The number of nitro benzene ring substituents is 1. The average Bonchev–Trinajstić information content (AvgIpc) is 2.50. The number of anilines is 1. The van der Waals surface area contributed by atoms with E-state index in [1.807, 2.05) is 30.3 Å². The van der Waals surface area contributed by atoms with E-state index in [0.29, 0.717) is 6.61 Å². The van der Waals surface area contributed by atoms with E-state index in [2.05, 4.69) is 10.5 Å². The van der Waals surface area contributed by atoms with Crippen molar-refractivity contribution >= 4 is 17.5 Å². The number of nitrogen functional groups attached to an aromatic ring is 1. The summed E-state index contributed by atoms with van der Waals surface area (Å²) in [6.07, 6.45) is -0.711. The number of nitro groups is 1. The Labute approximate surface area is 128 Å². The van der Waals surface area contributed by atoms with Crippen molar-refractivity contribution in [1.29, 1.82) is 0 Å². The first-order chi connectivity index (χ1) is 10.5. The molecule has 0 aliphatic rings. The lowest BCUT2D eigenvalue weighted by Gasteiger charge is -1.89. The van der Waals surface area contributed by atoms with Crippen molar-refractivity contribution < 1.29 is 14.5 Å². The molecular formula is C15H19N3O4. The van der Waals surface area contributed by atoms with Gasteiger partial charge in [0.2, 0.25) is 0 Å². The van der Waals surface area contributed by atoms with E-state index < -0.39 is 11.0 Å². The molecule has 7 heteroatoms. The van der Waals surface area contributed by atoms with E-state index in [1.54, 1.807) is 25.1 Å². The van der Waals surface area contributed by atoms with Gasteiger partial charge in [-0.15, -0.1) is 0 Å². The third-order valence-corrected chi connectivity index (χ3v) is 2.05. The monoisotopic (exact) mass is 305 g/mol. The Bertz CT molecular complexity index is 547. The molecule has 0 aromatic heterocycles. The number of nitrogens with two attached hydrogens (primary N) is 2.